The van der Waals surface area contributed by atoms with Crippen LogP contribution in [0.1, 0.15) is 29.2 Å². The van der Waals surface area contributed by atoms with Crippen molar-refractivity contribution in [3.05, 3.63) is 45.9 Å². The quantitative estimate of drug-likeness (QED) is 0.908. The molecule has 90 valence electrons. The van der Waals surface area contributed by atoms with Crippen LogP contribution in [0.4, 0.5) is 4.39 Å². The van der Waals surface area contributed by atoms with Gasteiger partial charge in [0.15, 0.2) is 0 Å². The van der Waals surface area contributed by atoms with E-state index in [1.807, 2.05) is 19.2 Å². The van der Waals surface area contributed by atoms with E-state index in [1.54, 1.807) is 17.5 Å². The summed E-state index contributed by atoms with van der Waals surface area (Å²) in [6, 6.07) is 1.41. The number of nitrogens with one attached hydrogen (secondary N) is 1. The van der Waals surface area contributed by atoms with E-state index in [1.165, 1.54) is 12.3 Å². The molecule has 0 radical (unpaired) electrons. The Bertz CT molecular complexity index is 498. The van der Waals surface area contributed by atoms with Gasteiger partial charge in [0.25, 0.3) is 0 Å². The van der Waals surface area contributed by atoms with Crippen molar-refractivity contribution in [2.24, 2.45) is 0 Å². The normalized spacial score (nSPS) is 12.6. The fraction of sp³-hybridized carbons (Fsp3) is 0.333. The molecule has 2 rings (SSSR count). The molecule has 0 amide bonds. The van der Waals surface area contributed by atoms with Gasteiger partial charge in [0.05, 0.1) is 22.9 Å². The summed E-state index contributed by atoms with van der Waals surface area (Å²) in [5, 5.41) is 6.29. The average molecular weight is 251 g/mol. The van der Waals surface area contributed by atoms with Crippen molar-refractivity contribution in [1.82, 2.24) is 15.3 Å². The zero-order chi connectivity index (χ0) is 12.3. The van der Waals surface area contributed by atoms with E-state index < -0.39 is 0 Å². The number of halogens is 1. The van der Waals surface area contributed by atoms with Crippen molar-refractivity contribution in [1.29, 1.82) is 0 Å². The number of hydrogen-bond acceptors (Lipinski definition) is 4. The lowest BCUT2D eigenvalue weighted by molar-refractivity contribution is 0.590. The molecule has 3 nitrogen and oxygen atoms in total. The van der Waals surface area contributed by atoms with Crippen LogP contribution in [0.2, 0.25) is 0 Å². The molecule has 0 saturated heterocycles. The molecule has 0 aliphatic heterocycles. The number of rotatable bonds is 4. The standard InChI is InChI=1S/C12H14FN3S/c1-3-15-12(11-7-17-8(2)16-11)9-4-10(13)6-14-5-9/h4-7,12,15H,3H2,1-2H3. The molecule has 0 saturated carbocycles. The summed E-state index contributed by atoms with van der Waals surface area (Å²) in [7, 11) is 0. The van der Waals surface area contributed by atoms with Crippen LogP contribution in [-0.4, -0.2) is 16.5 Å². The molecule has 0 spiro atoms. The molecule has 1 N–H and O–H groups in total. The minimum atomic E-state index is -0.322. The second kappa shape index (κ2) is 5.33. The van der Waals surface area contributed by atoms with Gasteiger partial charge in [-0.3, -0.25) is 4.98 Å². The lowest BCUT2D eigenvalue weighted by Gasteiger charge is -2.15. The van der Waals surface area contributed by atoms with Gasteiger partial charge >= 0.3 is 0 Å². The molecular formula is C12H14FN3S. The Morgan fingerprint density at radius 2 is 2.29 bits per heavy atom. The van der Waals surface area contributed by atoms with Gasteiger partial charge in [-0.05, 0) is 25.1 Å². The molecule has 1 unspecified atom stereocenters. The fourth-order valence-corrected chi connectivity index (χ4v) is 2.33. The molecule has 0 bridgehead atoms. The fourth-order valence-electron chi connectivity index (χ4n) is 1.70. The Kier molecular flexibility index (Phi) is 3.81. The number of hydrogen-bond donors (Lipinski definition) is 1. The van der Waals surface area contributed by atoms with Crippen LogP contribution in [0.25, 0.3) is 0 Å². The summed E-state index contributed by atoms with van der Waals surface area (Å²) in [5.74, 6) is -0.322. The maximum atomic E-state index is 13.2. The molecule has 1 atom stereocenters. The Balaban J connectivity index is 2.35. The molecule has 17 heavy (non-hydrogen) atoms. The molecule has 2 heterocycles. The van der Waals surface area contributed by atoms with Crippen molar-refractivity contribution < 1.29 is 4.39 Å². The monoisotopic (exact) mass is 251 g/mol. The molecule has 0 fully saturated rings. The Morgan fingerprint density at radius 1 is 1.47 bits per heavy atom. The maximum absolute atomic E-state index is 13.2. The predicted octanol–water partition coefficient (Wildman–Crippen LogP) is 2.68. The maximum Gasteiger partial charge on any atom is 0.141 e. The zero-order valence-electron chi connectivity index (χ0n) is 9.77. The summed E-state index contributed by atoms with van der Waals surface area (Å²) >= 11 is 1.59. The summed E-state index contributed by atoms with van der Waals surface area (Å²) in [4.78, 5) is 8.32. The third-order valence-corrected chi connectivity index (χ3v) is 3.19. The van der Waals surface area contributed by atoms with Gasteiger partial charge in [0, 0.05) is 11.6 Å². The SMILES string of the molecule is CCNC(c1cncc(F)c1)c1csc(C)n1. The van der Waals surface area contributed by atoms with Crippen molar-refractivity contribution in [2.75, 3.05) is 6.54 Å². The van der Waals surface area contributed by atoms with E-state index in [9.17, 15) is 4.39 Å². The Hall–Kier alpha value is -1.33. The molecule has 2 aromatic heterocycles. The van der Waals surface area contributed by atoms with Crippen molar-refractivity contribution >= 4 is 11.3 Å². The second-order valence-electron chi connectivity index (χ2n) is 3.72. The Morgan fingerprint density at radius 3 is 2.88 bits per heavy atom. The highest BCUT2D eigenvalue weighted by Gasteiger charge is 2.16. The number of aryl methyl sites for hydroxylation is 1. The number of aromatic nitrogens is 2. The van der Waals surface area contributed by atoms with Crippen LogP contribution in [0.5, 0.6) is 0 Å². The molecular weight excluding hydrogens is 237 g/mol. The minimum Gasteiger partial charge on any atom is -0.305 e. The van der Waals surface area contributed by atoms with E-state index in [-0.39, 0.29) is 11.9 Å². The first-order valence-electron chi connectivity index (χ1n) is 5.46. The van der Waals surface area contributed by atoms with Crippen molar-refractivity contribution in [2.45, 2.75) is 19.9 Å². The first kappa shape index (κ1) is 12.1. The van der Waals surface area contributed by atoms with E-state index in [2.05, 4.69) is 15.3 Å². The zero-order valence-corrected chi connectivity index (χ0v) is 10.6. The molecule has 5 heteroatoms. The highest BCUT2D eigenvalue weighted by molar-refractivity contribution is 7.09. The second-order valence-corrected chi connectivity index (χ2v) is 4.78. The molecule has 0 aromatic carbocycles. The largest absolute Gasteiger partial charge is 0.305 e. The van der Waals surface area contributed by atoms with Crippen LogP contribution < -0.4 is 5.32 Å². The summed E-state index contributed by atoms with van der Waals surface area (Å²) in [5.41, 5.74) is 1.72. The molecule has 2 aromatic rings. The number of nitrogens with zero attached hydrogens (tertiary/aromatic N) is 2. The predicted molar refractivity (Wildman–Crippen MR) is 66.6 cm³/mol. The summed E-state index contributed by atoms with van der Waals surface area (Å²) in [6.07, 6.45) is 2.88. The third kappa shape index (κ3) is 2.87. The first-order valence-corrected chi connectivity index (χ1v) is 6.34. The van der Waals surface area contributed by atoms with E-state index in [0.717, 1.165) is 22.8 Å². The van der Waals surface area contributed by atoms with Gasteiger partial charge < -0.3 is 5.32 Å². The van der Waals surface area contributed by atoms with Gasteiger partial charge in [0.2, 0.25) is 0 Å². The van der Waals surface area contributed by atoms with Crippen LogP contribution in [0.3, 0.4) is 0 Å². The Labute approximate surface area is 104 Å². The van der Waals surface area contributed by atoms with E-state index in [4.69, 9.17) is 0 Å². The van der Waals surface area contributed by atoms with Crippen LogP contribution in [0, 0.1) is 12.7 Å². The highest BCUT2D eigenvalue weighted by Crippen LogP contribution is 2.23. The van der Waals surface area contributed by atoms with Gasteiger partial charge in [-0.25, -0.2) is 9.37 Å². The molecule has 0 aliphatic carbocycles. The summed E-state index contributed by atoms with van der Waals surface area (Å²) < 4.78 is 13.2. The molecule has 0 aliphatic rings. The van der Waals surface area contributed by atoms with Gasteiger partial charge in [-0.1, -0.05) is 6.92 Å². The van der Waals surface area contributed by atoms with Crippen LogP contribution >= 0.6 is 11.3 Å². The average Bonchev–Trinajstić information content (AvgIpc) is 2.72. The summed E-state index contributed by atoms with van der Waals surface area (Å²) in [6.45, 7) is 4.76. The number of pyridine rings is 1. The third-order valence-electron chi connectivity index (χ3n) is 2.40. The van der Waals surface area contributed by atoms with E-state index in [0.29, 0.717) is 0 Å². The lowest BCUT2D eigenvalue weighted by Crippen LogP contribution is -2.22. The van der Waals surface area contributed by atoms with Crippen molar-refractivity contribution in [3.8, 4) is 0 Å². The number of thiazole rings is 1. The van der Waals surface area contributed by atoms with Crippen LogP contribution in [-0.2, 0) is 0 Å². The first-order chi connectivity index (χ1) is 8.20. The topological polar surface area (TPSA) is 37.8 Å². The van der Waals surface area contributed by atoms with Gasteiger partial charge in [-0.15, -0.1) is 11.3 Å². The van der Waals surface area contributed by atoms with Gasteiger partial charge in [0.1, 0.15) is 5.82 Å². The van der Waals surface area contributed by atoms with Crippen LogP contribution in [0.15, 0.2) is 23.8 Å². The smallest absolute Gasteiger partial charge is 0.141 e. The van der Waals surface area contributed by atoms with Gasteiger partial charge in [-0.2, -0.15) is 0 Å². The minimum absolute atomic E-state index is 0.0897. The van der Waals surface area contributed by atoms with E-state index >= 15 is 0 Å². The highest BCUT2D eigenvalue weighted by atomic mass is 32.1. The van der Waals surface area contributed by atoms with Crippen molar-refractivity contribution in [3.63, 3.8) is 0 Å². The lowest BCUT2D eigenvalue weighted by atomic mass is 10.1.